The summed E-state index contributed by atoms with van der Waals surface area (Å²) in [6, 6.07) is 19.0. The Morgan fingerprint density at radius 2 is 1.37 bits per heavy atom. The van der Waals surface area contributed by atoms with Crippen molar-refractivity contribution in [3.8, 4) is 22.3 Å². The van der Waals surface area contributed by atoms with Crippen LogP contribution < -0.4 is 15.4 Å². The first-order chi connectivity index (χ1) is 25.0. The number of benzene rings is 4. The molecular weight excluding hydrogens is 697 g/mol. The van der Waals surface area contributed by atoms with E-state index in [4.69, 9.17) is 8.83 Å². The van der Waals surface area contributed by atoms with E-state index in [1.54, 1.807) is 24.3 Å². The number of carbonyl (C=O) groups is 2. The average molecular weight is 724 g/mol. The van der Waals surface area contributed by atoms with Crippen molar-refractivity contribution < 1.29 is 35.6 Å². The minimum absolute atomic E-state index is 0.0128. The lowest BCUT2D eigenvalue weighted by atomic mass is 10.0. The molecule has 52 heavy (non-hydrogen) atoms. The lowest BCUT2D eigenvalue weighted by molar-refractivity contribution is -0.120. The van der Waals surface area contributed by atoms with Gasteiger partial charge in [0.05, 0.1) is 19.2 Å². The van der Waals surface area contributed by atoms with Gasteiger partial charge in [0.2, 0.25) is 15.9 Å². The molecule has 0 bridgehead atoms. The second-order valence-corrected chi connectivity index (χ2v) is 14.0. The molecule has 1 fully saturated rings. The summed E-state index contributed by atoms with van der Waals surface area (Å²) in [7, 11) is -3.32. The number of amides is 3. The molecule has 9 rings (SSSR count). The zero-order valence-electron chi connectivity index (χ0n) is 27.1. The first-order valence-electron chi connectivity index (χ1n) is 15.8. The fourth-order valence-corrected chi connectivity index (χ4v) is 6.47. The normalized spacial score (nSPS) is 14.6. The van der Waals surface area contributed by atoms with E-state index >= 15 is 0 Å². The predicted octanol–water partition coefficient (Wildman–Crippen LogP) is 6.03. The third-order valence-corrected chi connectivity index (χ3v) is 9.17. The molecule has 0 aliphatic carbocycles. The molecule has 13 nitrogen and oxygen atoms in total. The minimum atomic E-state index is -3.32. The predicted molar refractivity (Wildman–Crippen MR) is 188 cm³/mol. The van der Waals surface area contributed by atoms with Gasteiger partial charge >= 0.3 is 6.03 Å². The second-order valence-electron chi connectivity index (χ2n) is 12.2. The second kappa shape index (κ2) is 12.7. The smallest absolute Gasteiger partial charge is 0.322 e. The number of fused-ring (bicyclic) bond motifs is 4. The van der Waals surface area contributed by atoms with E-state index in [-0.39, 0.29) is 30.5 Å². The molecule has 3 amide bonds. The summed E-state index contributed by atoms with van der Waals surface area (Å²) in [6.07, 6.45) is 4.88. The van der Waals surface area contributed by atoms with Crippen LogP contribution >= 0.6 is 0 Å². The first-order valence-corrected chi connectivity index (χ1v) is 17.7. The third-order valence-electron chi connectivity index (χ3n) is 8.50. The highest BCUT2D eigenvalue weighted by molar-refractivity contribution is 7.88. The Balaban J connectivity index is 0.000000149. The Kier molecular flexibility index (Phi) is 8.03. The van der Waals surface area contributed by atoms with Gasteiger partial charge in [-0.05, 0) is 71.8 Å². The highest BCUT2D eigenvalue weighted by Crippen LogP contribution is 2.33. The number of halogens is 2. The third kappa shape index (κ3) is 6.59. The molecule has 0 radical (unpaired) electrons. The highest BCUT2D eigenvalue weighted by atomic mass is 32.2. The Morgan fingerprint density at radius 3 is 2.04 bits per heavy atom. The summed E-state index contributed by atoms with van der Waals surface area (Å²) in [6.45, 7) is -0.0128. The number of oxazole rings is 2. The molecular formula is C36H27F2N7O6S. The number of rotatable bonds is 7. The van der Waals surface area contributed by atoms with Gasteiger partial charge in [-0.3, -0.25) is 10.1 Å². The van der Waals surface area contributed by atoms with Gasteiger partial charge in [-0.2, -0.15) is 0 Å². The molecule has 5 N–H and O–H groups in total. The van der Waals surface area contributed by atoms with Crippen LogP contribution in [0.15, 0.2) is 94.0 Å². The van der Waals surface area contributed by atoms with Crippen LogP contribution in [-0.4, -0.2) is 52.6 Å². The number of carbonyl (C=O) groups excluding carboxylic acids is 2. The van der Waals surface area contributed by atoms with Crippen molar-refractivity contribution in [3.63, 3.8) is 0 Å². The van der Waals surface area contributed by atoms with Crippen molar-refractivity contribution in [2.45, 2.75) is 19.0 Å². The van der Waals surface area contributed by atoms with Crippen molar-refractivity contribution in [1.82, 2.24) is 35.3 Å². The first kappa shape index (κ1) is 32.8. The van der Waals surface area contributed by atoms with Gasteiger partial charge in [0, 0.05) is 45.3 Å². The van der Waals surface area contributed by atoms with Crippen molar-refractivity contribution >= 4 is 66.0 Å². The van der Waals surface area contributed by atoms with Crippen molar-refractivity contribution in [1.29, 1.82) is 0 Å². The van der Waals surface area contributed by atoms with Crippen molar-refractivity contribution in [2.24, 2.45) is 0 Å². The molecule has 16 heteroatoms. The van der Waals surface area contributed by atoms with Crippen LogP contribution in [0.5, 0.6) is 0 Å². The van der Waals surface area contributed by atoms with Crippen LogP contribution in [-0.2, 0) is 27.8 Å². The Hall–Kier alpha value is -6.39. The summed E-state index contributed by atoms with van der Waals surface area (Å²) in [4.78, 5) is 37.7. The van der Waals surface area contributed by atoms with E-state index in [9.17, 15) is 26.8 Å². The molecule has 4 aromatic heterocycles. The van der Waals surface area contributed by atoms with Gasteiger partial charge in [-0.1, -0.05) is 12.1 Å². The quantitative estimate of drug-likeness (QED) is 0.123. The summed E-state index contributed by atoms with van der Waals surface area (Å²) in [5, 5.41) is 6.38. The van der Waals surface area contributed by atoms with Gasteiger partial charge in [0.1, 0.15) is 28.7 Å². The van der Waals surface area contributed by atoms with Crippen LogP contribution in [0.25, 0.3) is 66.3 Å². The summed E-state index contributed by atoms with van der Waals surface area (Å²) < 4.78 is 63.0. The fraction of sp³-hybridized carbons (Fsp3) is 0.111. The van der Waals surface area contributed by atoms with Gasteiger partial charge < -0.3 is 24.1 Å². The number of H-pyrrole nitrogens is 2. The van der Waals surface area contributed by atoms with Crippen molar-refractivity contribution in [2.75, 3.05) is 6.26 Å². The van der Waals surface area contributed by atoms with E-state index in [0.717, 1.165) is 44.8 Å². The molecule has 262 valence electrons. The number of sulfonamides is 1. The lowest BCUT2D eigenvalue weighted by Crippen LogP contribution is -2.31. The van der Waals surface area contributed by atoms with Crippen molar-refractivity contribution in [3.05, 3.63) is 109 Å². The van der Waals surface area contributed by atoms with E-state index in [1.165, 1.54) is 24.3 Å². The Bertz CT molecular complexity index is 2800. The Morgan fingerprint density at radius 1 is 0.750 bits per heavy atom. The number of imide groups is 1. The summed E-state index contributed by atoms with van der Waals surface area (Å²) in [5.41, 5.74) is 7.47. The zero-order chi connectivity index (χ0) is 36.1. The molecule has 0 saturated carbocycles. The van der Waals surface area contributed by atoms with E-state index in [0.29, 0.717) is 33.6 Å². The van der Waals surface area contributed by atoms with Gasteiger partial charge in [-0.15, -0.1) is 0 Å². The summed E-state index contributed by atoms with van der Waals surface area (Å²) in [5.74, 6) is -0.348. The molecule has 1 aliphatic rings. The van der Waals surface area contributed by atoms with Gasteiger partial charge in [0.25, 0.3) is 5.91 Å². The minimum Gasteiger partial charge on any atom is -0.441 e. The molecule has 1 aliphatic heterocycles. The molecule has 8 aromatic rings. The van der Waals surface area contributed by atoms with Gasteiger partial charge in [-0.25, -0.2) is 36.7 Å². The van der Waals surface area contributed by atoms with Crippen LogP contribution in [0, 0.1) is 11.6 Å². The highest BCUT2D eigenvalue weighted by Gasteiger charge is 2.31. The van der Waals surface area contributed by atoms with E-state index < -0.39 is 28.0 Å². The monoisotopic (exact) mass is 723 g/mol. The van der Waals surface area contributed by atoms with E-state index in [2.05, 4.69) is 35.3 Å². The maximum absolute atomic E-state index is 13.5. The molecule has 1 saturated heterocycles. The molecule has 0 spiro atoms. The Labute approximate surface area is 292 Å². The van der Waals surface area contributed by atoms with Crippen LogP contribution in [0.4, 0.5) is 13.6 Å². The van der Waals surface area contributed by atoms with E-state index in [1.807, 2.05) is 36.7 Å². The van der Waals surface area contributed by atoms with Crippen LogP contribution in [0.1, 0.15) is 11.8 Å². The molecule has 1 unspecified atom stereocenters. The topological polar surface area (TPSA) is 188 Å². The molecule has 1 atom stereocenters. The average Bonchev–Trinajstić information content (AvgIpc) is 3.93. The zero-order valence-corrected chi connectivity index (χ0v) is 27.9. The SMILES string of the molecule is CS(=O)(=O)NCc1nc2ccc(-c3c[nH]c4ccc(F)cc34)cc2o1.O=C1NC(=O)C(Cc2nc3ccc(-c4c[nH]c5cc(F)ccc45)cc3o2)N1. The number of aromatic nitrogens is 4. The van der Waals surface area contributed by atoms with Gasteiger partial charge in [0.15, 0.2) is 17.1 Å². The maximum atomic E-state index is 13.5. The molecule has 4 aromatic carbocycles. The number of nitrogens with one attached hydrogen (secondary N) is 5. The largest absolute Gasteiger partial charge is 0.441 e. The number of urea groups is 1. The standard InChI is InChI=1S/C19H13FN4O3.C17H14FN3O3S/c20-10-2-3-11-12(8-21-14(11)6-10)9-1-4-13-16(5-9)27-17(22-13)7-15-18(25)24-19(26)23-15;1-25(22,23)20-9-17-21-15-4-2-10(6-16(15)24-17)13-8-19-14-5-3-11(18)7-12(13)14/h1-6,8,15,21H,7H2,(H2,23,24,25,26);2-8,19-20H,9H2,1H3. The van der Waals surface area contributed by atoms with Crippen LogP contribution in [0.3, 0.4) is 0 Å². The number of hydrogen-bond acceptors (Lipinski definition) is 8. The van der Waals surface area contributed by atoms with Crippen LogP contribution in [0.2, 0.25) is 0 Å². The number of hydrogen-bond donors (Lipinski definition) is 5. The number of aromatic amines is 2. The number of nitrogens with zero attached hydrogens (tertiary/aromatic N) is 2. The molecule has 5 heterocycles. The summed E-state index contributed by atoms with van der Waals surface area (Å²) >= 11 is 0. The maximum Gasteiger partial charge on any atom is 0.322 e. The fourth-order valence-electron chi connectivity index (χ4n) is 6.08. The lowest BCUT2D eigenvalue weighted by Gasteiger charge is -2.02.